The number of hydrogen-bond acceptors (Lipinski definition) is 3. The summed E-state index contributed by atoms with van der Waals surface area (Å²) in [6, 6.07) is 6.18. The van der Waals surface area contributed by atoms with Crippen LogP contribution in [0.5, 0.6) is 0 Å². The van der Waals surface area contributed by atoms with E-state index in [0.29, 0.717) is 23.9 Å². The first-order valence-electron chi connectivity index (χ1n) is 10.3. The quantitative estimate of drug-likeness (QED) is 0.608. The highest BCUT2D eigenvalue weighted by molar-refractivity contribution is 7.80. The van der Waals surface area contributed by atoms with Crippen molar-refractivity contribution in [3.63, 3.8) is 0 Å². The molecule has 1 aromatic heterocycles. The molecular weight excluding hydrogens is 384 g/mol. The molecule has 0 radical (unpaired) electrons. The number of likely N-dealkylation sites (tertiary alicyclic amines) is 1. The van der Waals surface area contributed by atoms with Gasteiger partial charge in [-0.1, -0.05) is 25.1 Å². The Labute approximate surface area is 176 Å². The van der Waals surface area contributed by atoms with Crippen LogP contribution >= 0.6 is 12.2 Å². The molecular formula is C22H26N4O2S. The zero-order valence-electron chi connectivity index (χ0n) is 16.9. The van der Waals surface area contributed by atoms with Crippen LogP contribution in [0, 0.1) is 0 Å². The van der Waals surface area contributed by atoms with E-state index in [-0.39, 0.29) is 11.8 Å². The minimum atomic E-state index is -0.113. The Balaban J connectivity index is 1.75. The zero-order valence-corrected chi connectivity index (χ0v) is 17.7. The molecule has 2 aromatic rings. The molecule has 1 aromatic carbocycles. The molecule has 0 bridgehead atoms. The lowest BCUT2D eigenvalue weighted by Crippen LogP contribution is -2.30. The predicted molar refractivity (Wildman–Crippen MR) is 118 cm³/mol. The van der Waals surface area contributed by atoms with Crippen molar-refractivity contribution in [2.45, 2.75) is 39.7 Å². The van der Waals surface area contributed by atoms with Crippen molar-refractivity contribution in [2.24, 2.45) is 0 Å². The lowest BCUT2D eigenvalue weighted by atomic mass is 10.1. The van der Waals surface area contributed by atoms with Gasteiger partial charge in [-0.25, -0.2) is 0 Å². The Bertz CT molecular complexity index is 1020. The summed E-state index contributed by atoms with van der Waals surface area (Å²) in [4.78, 5) is 28.9. The van der Waals surface area contributed by atoms with Gasteiger partial charge in [-0.3, -0.25) is 14.5 Å². The van der Waals surface area contributed by atoms with E-state index in [0.717, 1.165) is 48.8 Å². The lowest BCUT2D eigenvalue weighted by molar-refractivity contribution is -0.130. The van der Waals surface area contributed by atoms with Gasteiger partial charge in [0.1, 0.15) is 12.2 Å². The standard InChI is InChI=1S/C22H26N4O2S/c1-3-15-8-7-9-17-16(12-18-21(28)26(4-2)22(29)23-18)13-25(20(15)17)14-19(27)24-10-5-6-11-24/h7-9,12-13H,3-6,10-11,14H2,1-2H3,(H,23,29)/b18-12-. The smallest absolute Gasteiger partial charge is 0.276 e. The van der Waals surface area contributed by atoms with E-state index in [4.69, 9.17) is 12.2 Å². The first-order valence-corrected chi connectivity index (χ1v) is 10.7. The molecule has 0 spiro atoms. The fraction of sp³-hybridized carbons (Fsp3) is 0.409. The van der Waals surface area contributed by atoms with Crippen molar-refractivity contribution in [3.8, 4) is 0 Å². The van der Waals surface area contributed by atoms with Crippen LogP contribution in [0.15, 0.2) is 30.1 Å². The van der Waals surface area contributed by atoms with Crippen molar-refractivity contribution >= 4 is 46.1 Å². The molecule has 0 saturated carbocycles. The fourth-order valence-corrected chi connectivity index (χ4v) is 4.54. The summed E-state index contributed by atoms with van der Waals surface area (Å²) in [7, 11) is 0. The number of fused-ring (bicyclic) bond motifs is 1. The van der Waals surface area contributed by atoms with E-state index in [9.17, 15) is 9.59 Å². The number of benzene rings is 1. The number of aryl methyl sites for hydroxylation is 1. The van der Waals surface area contributed by atoms with Crippen LogP contribution in [0.3, 0.4) is 0 Å². The van der Waals surface area contributed by atoms with Gasteiger partial charge >= 0.3 is 0 Å². The van der Waals surface area contributed by atoms with Gasteiger partial charge in [0.25, 0.3) is 5.91 Å². The summed E-state index contributed by atoms with van der Waals surface area (Å²) >= 11 is 5.27. The second-order valence-corrected chi connectivity index (χ2v) is 7.89. The molecule has 0 unspecified atom stereocenters. The summed E-state index contributed by atoms with van der Waals surface area (Å²) in [5, 5.41) is 4.50. The van der Waals surface area contributed by atoms with Crippen molar-refractivity contribution in [1.82, 2.24) is 19.7 Å². The molecule has 2 aliphatic heterocycles. The van der Waals surface area contributed by atoms with Gasteiger partial charge in [0.05, 0.1) is 5.52 Å². The van der Waals surface area contributed by atoms with Crippen LogP contribution < -0.4 is 5.32 Å². The summed E-state index contributed by atoms with van der Waals surface area (Å²) in [5.41, 5.74) is 3.65. The van der Waals surface area contributed by atoms with E-state index in [1.807, 2.05) is 40.8 Å². The maximum atomic E-state index is 12.8. The Morgan fingerprint density at radius 1 is 1.24 bits per heavy atom. The molecule has 29 heavy (non-hydrogen) atoms. The number of nitrogens with one attached hydrogen (secondary N) is 1. The average Bonchev–Trinajstić information content (AvgIpc) is 3.42. The van der Waals surface area contributed by atoms with Gasteiger partial charge in [-0.05, 0) is 50.0 Å². The third-order valence-electron chi connectivity index (χ3n) is 5.74. The van der Waals surface area contributed by atoms with Crippen LogP contribution in [0.25, 0.3) is 17.0 Å². The van der Waals surface area contributed by atoms with Crippen LogP contribution in [-0.4, -0.2) is 50.9 Å². The van der Waals surface area contributed by atoms with Crippen molar-refractivity contribution in [1.29, 1.82) is 0 Å². The molecule has 3 heterocycles. The topological polar surface area (TPSA) is 57.6 Å². The zero-order chi connectivity index (χ0) is 20.5. The second-order valence-electron chi connectivity index (χ2n) is 7.50. The monoisotopic (exact) mass is 410 g/mol. The SMILES string of the molecule is CCc1cccc2c(/C=C3\NC(=S)N(CC)C3=O)cn(CC(=O)N3CCCC3)c12. The van der Waals surface area contributed by atoms with E-state index in [1.165, 1.54) is 5.56 Å². The third kappa shape index (κ3) is 3.55. The van der Waals surface area contributed by atoms with Gasteiger partial charge < -0.3 is 14.8 Å². The number of hydrogen-bond donors (Lipinski definition) is 1. The number of thiocarbonyl (C=S) groups is 1. The highest BCUT2D eigenvalue weighted by Crippen LogP contribution is 2.28. The molecule has 2 aliphatic rings. The van der Waals surface area contributed by atoms with Crippen molar-refractivity contribution in [2.75, 3.05) is 19.6 Å². The number of amides is 2. The van der Waals surface area contributed by atoms with Crippen LogP contribution in [0.2, 0.25) is 0 Å². The summed E-state index contributed by atoms with van der Waals surface area (Å²) in [5.74, 6) is 0.0381. The number of nitrogens with zero attached hydrogens (tertiary/aromatic N) is 3. The highest BCUT2D eigenvalue weighted by atomic mass is 32.1. The van der Waals surface area contributed by atoms with Gasteiger partial charge in [-0.2, -0.15) is 0 Å². The lowest BCUT2D eigenvalue weighted by Gasteiger charge is -2.16. The summed E-state index contributed by atoms with van der Waals surface area (Å²) in [6.07, 6.45) is 6.87. The Morgan fingerprint density at radius 2 is 2.00 bits per heavy atom. The van der Waals surface area contributed by atoms with E-state index < -0.39 is 0 Å². The first-order chi connectivity index (χ1) is 14.0. The van der Waals surface area contributed by atoms with Gasteiger partial charge in [0, 0.05) is 36.8 Å². The molecule has 2 amide bonds. The number of carbonyl (C=O) groups excluding carboxylic acids is 2. The largest absolute Gasteiger partial charge is 0.341 e. The molecule has 152 valence electrons. The van der Waals surface area contributed by atoms with Gasteiger partial charge in [0.2, 0.25) is 5.91 Å². The first kappa shape index (κ1) is 19.6. The normalized spacial score (nSPS) is 18.3. The second kappa shape index (κ2) is 7.99. The average molecular weight is 411 g/mol. The Morgan fingerprint density at radius 3 is 2.66 bits per heavy atom. The molecule has 2 fully saturated rings. The number of aromatic nitrogens is 1. The number of rotatable bonds is 5. The molecule has 1 N–H and O–H groups in total. The fourth-order valence-electron chi connectivity index (χ4n) is 4.22. The molecule has 7 heteroatoms. The molecule has 2 saturated heterocycles. The Hall–Kier alpha value is -2.67. The molecule has 0 atom stereocenters. The van der Waals surface area contributed by atoms with Gasteiger partial charge in [-0.15, -0.1) is 0 Å². The third-order valence-corrected chi connectivity index (χ3v) is 6.06. The maximum absolute atomic E-state index is 12.8. The Kier molecular flexibility index (Phi) is 5.41. The number of likely N-dealkylation sites (N-methyl/N-ethyl adjacent to an activating group) is 1. The maximum Gasteiger partial charge on any atom is 0.276 e. The minimum Gasteiger partial charge on any atom is -0.341 e. The summed E-state index contributed by atoms with van der Waals surface area (Å²) < 4.78 is 2.04. The number of para-hydroxylation sites is 1. The summed E-state index contributed by atoms with van der Waals surface area (Å²) in [6.45, 7) is 6.56. The van der Waals surface area contributed by atoms with Crippen molar-refractivity contribution < 1.29 is 9.59 Å². The van der Waals surface area contributed by atoms with Crippen LogP contribution in [-0.2, 0) is 22.6 Å². The van der Waals surface area contributed by atoms with E-state index in [2.05, 4.69) is 18.3 Å². The van der Waals surface area contributed by atoms with Crippen LogP contribution in [0.1, 0.15) is 37.8 Å². The van der Waals surface area contributed by atoms with E-state index in [1.54, 1.807) is 4.90 Å². The minimum absolute atomic E-state index is 0.113. The van der Waals surface area contributed by atoms with Crippen molar-refractivity contribution in [3.05, 3.63) is 41.2 Å². The predicted octanol–water partition coefficient (Wildman–Crippen LogP) is 2.90. The highest BCUT2D eigenvalue weighted by Gasteiger charge is 2.29. The number of carbonyl (C=O) groups is 2. The molecule has 4 rings (SSSR count). The van der Waals surface area contributed by atoms with E-state index >= 15 is 0 Å². The molecule has 0 aliphatic carbocycles. The van der Waals surface area contributed by atoms with Crippen LogP contribution in [0.4, 0.5) is 0 Å². The van der Waals surface area contributed by atoms with Gasteiger partial charge in [0.15, 0.2) is 5.11 Å². The molecule has 6 nitrogen and oxygen atoms in total.